The molecule has 1 N–H and O–H groups in total. The molecule has 2 rings (SSSR count). The number of anilines is 1. The van der Waals surface area contributed by atoms with Crippen molar-refractivity contribution in [2.75, 3.05) is 5.32 Å². The average Bonchev–Trinajstić information content (AvgIpc) is 2.57. The predicted octanol–water partition coefficient (Wildman–Crippen LogP) is 3.79. The van der Waals surface area contributed by atoms with Crippen LogP contribution in [0, 0.1) is 0 Å². The number of hydrogen-bond donors (Lipinski definition) is 1. The quantitative estimate of drug-likeness (QED) is 0.864. The molecule has 118 valence electrons. The Morgan fingerprint density at radius 2 is 1.82 bits per heavy atom. The highest BCUT2D eigenvalue weighted by molar-refractivity contribution is 5.89. The van der Waals surface area contributed by atoms with Crippen LogP contribution in [0.15, 0.2) is 41.3 Å². The van der Waals surface area contributed by atoms with E-state index in [0.29, 0.717) is 11.6 Å². The number of benzene rings is 1. The fourth-order valence-corrected chi connectivity index (χ4v) is 1.89. The molecule has 5 nitrogen and oxygen atoms in total. The van der Waals surface area contributed by atoms with Gasteiger partial charge >= 0.3 is 0 Å². The standard InChI is InChI=1S/C17H22N2O3/c1-12(20)19-14-8-6-7-13(11-14)18-10-9-15-21-16(2,3)17(4,5)22-15/h6-11H,1-5H3,(H,19,20). The van der Waals surface area contributed by atoms with E-state index in [-0.39, 0.29) is 5.91 Å². The number of allylic oxidation sites excluding steroid dienone is 1. The number of aliphatic imine (C=N–C) groups is 1. The lowest BCUT2D eigenvalue weighted by atomic mass is 9.90. The summed E-state index contributed by atoms with van der Waals surface area (Å²) in [7, 11) is 0. The second-order valence-corrected chi connectivity index (χ2v) is 6.22. The maximum Gasteiger partial charge on any atom is 0.282 e. The van der Waals surface area contributed by atoms with E-state index >= 15 is 0 Å². The van der Waals surface area contributed by atoms with Crippen LogP contribution in [0.1, 0.15) is 34.6 Å². The molecule has 1 saturated heterocycles. The van der Waals surface area contributed by atoms with Gasteiger partial charge in [-0.05, 0) is 45.9 Å². The molecule has 1 aliphatic rings. The van der Waals surface area contributed by atoms with Gasteiger partial charge in [0.05, 0.1) is 5.69 Å². The van der Waals surface area contributed by atoms with E-state index in [0.717, 1.165) is 5.69 Å². The van der Waals surface area contributed by atoms with Crippen molar-refractivity contribution >= 4 is 23.5 Å². The maximum atomic E-state index is 11.0. The highest BCUT2D eigenvalue weighted by Crippen LogP contribution is 2.39. The molecule has 1 heterocycles. The van der Waals surface area contributed by atoms with Crippen LogP contribution in [-0.2, 0) is 14.3 Å². The zero-order valence-electron chi connectivity index (χ0n) is 13.6. The van der Waals surface area contributed by atoms with Gasteiger partial charge in [-0.3, -0.25) is 9.79 Å². The van der Waals surface area contributed by atoms with Gasteiger partial charge in [0.25, 0.3) is 5.95 Å². The number of nitrogens with one attached hydrogen (secondary N) is 1. The number of hydrogen-bond acceptors (Lipinski definition) is 4. The minimum atomic E-state index is -0.391. The van der Waals surface area contributed by atoms with Gasteiger partial charge in [0.1, 0.15) is 11.2 Å². The summed E-state index contributed by atoms with van der Waals surface area (Å²) in [5, 5.41) is 2.72. The van der Waals surface area contributed by atoms with E-state index in [1.54, 1.807) is 18.4 Å². The highest BCUT2D eigenvalue weighted by Gasteiger charge is 2.48. The van der Waals surface area contributed by atoms with Gasteiger partial charge in [0.2, 0.25) is 5.91 Å². The predicted molar refractivity (Wildman–Crippen MR) is 87.3 cm³/mol. The molecule has 5 heteroatoms. The third-order valence-corrected chi connectivity index (χ3v) is 3.76. The summed E-state index contributed by atoms with van der Waals surface area (Å²) in [6.45, 7) is 9.42. The lowest BCUT2D eigenvalue weighted by molar-refractivity contribution is -0.114. The van der Waals surface area contributed by atoms with Crippen LogP contribution in [-0.4, -0.2) is 23.3 Å². The number of ether oxygens (including phenoxy) is 2. The van der Waals surface area contributed by atoms with Crippen molar-refractivity contribution in [3.63, 3.8) is 0 Å². The lowest BCUT2D eigenvalue weighted by Crippen LogP contribution is -2.41. The van der Waals surface area contributed by atoms with E-state index in [4.69, 9.17) is 9.47 Å². The van der Waals surface area contributed by atoms with Crippen LogP contribution < -0.4 is 5.32 Å². The van der Waals surface area contributed by atoms with Crippen LogP contribution in [0.2, 0.25) is 0 Å². The monoisotopic (exact) mass is 302 g/mol. The van der Waals surface area contributed by atoms with Crippen molar-refractivity contribution in [3.05, 3.63) is 36.3 Å². The van der Waals surface area contributed by atoms with E-state index in [2.05, 4.69) is 10.3 Å². The molecule has 0 radical (unpaired) electrons. The molecule has 0 bridgehead atoms. The van der Waals surface area contributed by atoms with Crippen molar-refractivity contribution < 1.29 is 14.3 Å². The van der Waals surface area contributed by atoms with E-state index in [9.17, 15) is 4.79 Å². The largest absolute Gasteiger partial charge is 0.455 e. The van der Waals surface area contributed by atoms with Crippen LogP contribution in [0.4, 0.5) is 11.4 Å². The molecular weight excluding hydrogens is 280 g/mol. The van der Waals surface area contributed by atoms with Crippen LogP contribution in [0.5, 0.6) is 0 Å². The van der Waals surface area contributed by atoms with Crippen molar-refractivity contribution in [2.24, 2.45) is 4.99 Å². The van der Waals surface area contributed by atoms with Crippen LogP contribution in [0.3, 0.4) is 0 Å². The SMILES string of the molecule is CC(=O)Nc1cccc(N=CC=C2OC(C)(C)C(C)(C)O2)c1. The number of carbonyl (C=O) groups is 1. The molecule has 0 saturated carbocycles. The average molecular weight is 302 g/mol. The van der Waals surface area contributed by atoms with E-state index in [1.807, 2.05) is 45.9 Å². The van der Waals surface area contributed by atoms with Gasteiger partial charge in [0, 0.05) is 24.9 Å². The third-order valence-electron chi connectivity index (χ3n) is 3.76. The fourth-order valence-electron chi connectivity index (χ4n) is 1.89. The molecule has 1 fully saturated rings. The molecule has 0 unspecified atom stereocenters. The Kier molecular flexibility index (Phi) is 4.26. The van der Waals surface area contributed by atoms with Crippen molar-refractivity contribution in [3.8, 4) is 0 Å². The molecule has 1 aromatic carbocycles. The minimum Gasteiger partial charge on any atom is -0.455 e. The smallest absolute Gasteiger partial charge is 0.282 e. The summed E-state index contributed by atoms with van der Waals surface area (Å²) in [5.74, 6) is 0.345. The normalized spacial score (nSPS) is 18.7. The molecular formula is C17H22N2O3. The summed E-state index contributed by atoms with van der Waals surface area (Å²) in [4.78, 5) is 15.4. The summed E-state index contributed by atoms with van der Waals surface area (Å²) < 4.78 is 11.5. The van der Waals surface area contributed by atoms with E-state index < -0.39 is 11.2 Å². The van der Waals surface area contributed by atoms with Gasteiger partial charge in [0.15, 0.2) is 0 Å². The third kappa shape index (κ3) is 3.67. The number of amides is 1. The van der Waals surface area contributed by atoms with Gasteiger partial charge in [-0.25, -0.2) is 0 Å². The molecule has 0 aromatic heterocycles. The Balaban J connectivity index is 2.07. The Hall–Kier alpha value is -2.30. The first-order chi connectivity index (χ1) is 10.2. The Labute approximate surface area is 131 Å². The van der Waals surface area contributed by atoms with Crippen molar-refractivity contribution in [2.45, 2.75) is 45.8 Å². The molecule has 1 amide bonds. The molecule has 1 aliphatic heterocycles. The van der Waals surface area contributed by atoms with Crippen molar-refractivity contribution in [1.82, 2.24) is 0 Å². The first kappa shape index (κ1) is 16.1. The zero-order valence-corrected chi connectivity index (χ0v) is 13.6. The molecule has 0 atom stereocenters. The molecule has 0 spiro atoms. The second kappa shape index (κ2) is 5.83. The summed E-state index contributed by atoms with van der Waals surface area (Å²) in [6, 6.07) is 7.29. The van der Waals surface area contributed by atoms with Gasteiger partial charge < -0.3 is 14.8 Å². The zero-order chi connectivity index (χ0) is 16.4. The first-order valence-electron chi connectivity index (χ1n) is 7.20. The Morgan fingerprint density at radius 3 is 2.41 bits per heavy atom. The fraction of sp³-hybridized carbons (Fsp3) is 0.412. The molecule has 1 aromatic rings. The van der Waals surface area contributed by atoms with Crippen LogP contribution >= 0.6 is 0 Å². The Bertz CT molecular complexity index is 613. The van der Waals surface area contributed by atoms with Gasteiger partial charge in [-0.2, -0.15) is 0 Å². The molecule has 22 heavy (non-hydrogen) atoms. The second-order valence-electron chi connectivity index (χ2n) is 6.22. The first-order valence-corrected chi connectivity index (χ1v) is 7.20. The topological polar surface area (TPSA) is 59.9 Å². The van der Waals surface area contributed by atoms with E-state index in [1.165, 1.54) is 6.92 Å². The summed E-state index contributed by atoms with van der Waals surface area (Å²) in [6.07, 6.45) is 3.32. The van der Waals surface area contributed by atoms with Gasteiger partial charge in [-0.1, -0.05) is 6.07 Å². The lowest BCUT2D eigenvalue weighted by Gasteiger charge is -2.28. The maximum absolute atomic E-state index is 11.0. The summed E-state index contributed by atoms with van der Waals surface area (Å²) >= 11 is 0. The number of nitrogens with zero attached hydrogens (tertiary/aromatic N) is 1. The van der Waals surface area contributed by atoms with Gasteiger partial charge in [-0.15, -0.1) is 0 Å². The minimum absolute atomic E-state index is 0.111. The Morgan fingerprint density at radius 1 is 1.18 bits per heavy atom. The number of carbonyl (C=O) groups excluding carboxylic acids is 1. The summed E-state index contributed by atoms with van der Waals surface area (Å²) in [5.41, 5.74) is 0.667. The number of rotatable bonds is 3. The highest BCUT2D eigenvalue weighted by atomic mass is 16.7. The van der Waals surface area contributed by atoms with Crippen LogP contribution in [0.25, 0.3) is 0 Å². The van der Waals surface area contributed by atoms with Crippen molar-refractivity contribution in [1.29, 1.82) is 0 Å². The molecule has 0 aliphatic carbocycles.